The molecule has 0 radical (unpaired) electrons. The van der Waals surface area contributed by atoms with Gasteiger partial charge in [0.15, 0.2) is 5.79 Å². The van der Waals surface area contributed by atoms with E-state index in [2.05, 4.69) is 0 Å². The van der Waals surface area contributed by atoms with Gasteiger partial charge in [-0.3, -0.25) is 0 Å². The van der Waals surface area contributed by atoms with Gasteiger partial charge < -0.3 is 14.6 Å². The molecule has 4 heteroatoms. The first-order valence-corrected chi connectivity index (χ1v) is 5.50. The third kappa shape index (κ3) is 1.62. The number of thioether (sulfide) groups is 1. The summed E-state index contributed by atoms with van der Waals surface area (Å²) in [7, 11) is 0. The smallest absolute Gasteiger partial charge is 0.177 e. The van der Waals surface area contributed by atoms with E-state index in [1.165, 1.54) is 5.75 Å². The first-order valence-electron chi connectivity index (χ1n) is 4.35. The van der Waals surface area contributed by atoms with Crippen molar-refractivity contribution < 1.29 is 14.6 Å². The van der Waals surface area contributed by atoms with Crippen LogP contribution >= 0.6 is 11.8 Å². The number of aliphatic hydroxyl groups is 1. The maximum atomic E-state index is 8.87. The lowest BCUT2D eigenvalue weighted by molar-refractivity contribution is -0.159. The average Bonchev–Trinajstić information content (AvgIpc) is 2.50. The third-order valence-electron chi connectivity index (χ3n) is 2.29. The zero-order chi connectivity index (χ0) is 8.44. The standard InChI is InChI=1S/C8H14O3S/c9-4-7-5-10-8(11-7)2-1-3-12-6-8/h7,9H,1-6H2. The van der Waals surface area contributed by atoms with Crippen molar-refractivity contribution in [2.45, 2.75) is 24.7 Å². The number of hydrogen-bond acceptors (Lipinski definition) is 4. The highest BCUT2D eigenvalue weighted by atomic mass is 32.2. The summed E-state index contributed by atoms with van der Waals surface area (Å²) in [6.07, 6.45) is 2.04. The lowest BCUT2D eigenvalue weighted by atomic mass is 10.2. The molecule has 2 aliphatic heterocycles. The molecule has 2 heterocycles. The first kappa shape index (κ1) is 8.81. The van der Waals surface area contributed by atoms with E-state index in [-0.39, 0.29) is 18.5 Å². The van der Waals surface area contributed by atoms with E-state index >= 15 is 0 Å². The summed E-state index contributed by atoms with van der Waals surface area (Å²) < 4.78 is 11.2. The number of ether oxygens (including phenoxy) is 2. The van der Waals surface area contributed by atoms with Crippen LogP contribution < -0.4 is 0 Å². The molecule has 0 amide bonds. The molecule has 2 unspecified atom stereocenters. The maximum Gasteiger partial charge on any atom is 0.177 e. The van der Waals surface area contributed by atoms with Crippen molar-refractivity contribution in [3.8, 4) is 0 Å². The van der Waals surface area contributed by atoms with Crippen molar-refractivity contribution in [2.24, 2.45) is 0 Å². The van der Waals surface area contributed by atoms with E-state index < -0.39 is 0 Å². The molecule has 1 N–H and O–H groups in total. The quantitative estimate of drug-likeness (QED) is 0.658. The molecular weight excluding hydrogens is 176 g/mol. The van der Waals surface area contributed by atoms with E-state index in [9.17, 15) is 0 Å². The van der Waals surface area contributed by atoms with Crippen LogP contribution in [0.25, 0.3) is 0 Å². The molecule has 0 aromatic heterocycles. The molecule has 0 saturated carbocycles. The van der Waals surface area contributed by atoms with Crippen molar-refractivity contribution >= 4 is 11.8 Å². The highest BCUT2D eigenvalue weighted by molar-refractivity contribution is 7.99. The Kier molecular flexibility index (Phi) is 2.60. The SMILES string of the molecule is OCC1COC2(CCCSC2)O1. The fourth-order valence-electron chi connectivity index (χ4n) is 1.66. The zero-order valence-electron chi connectivity index (χ0n) is 6.99. The molecule has 12 heavy (non-hydrogen) atoms. The molecule has 2 rings (SSSR count). The highest BCUT2D eigenvalue weighted by Crippen LogP contribution is 2.35. The predicted octanol–water partition coefficient (Wildman–Crippen LogP) is 0.617. The van der Waals surface area contributed by atoms with Crippen molar-refractivity contribution in [3.05, 3.63) is 0 Å². The maximum absolute atomic E-state index is 8.87. The molecule has 0 aromatic rings. The second-order valence-electron chi connectivity index (χ2n) is 3.30. The minimum atomic E-state index is -0.351. The van der Waals surface area contributed by atoms with Crippen LogP contribution in [0.1, 0.15) is 12.8 Å². The van der Waals surface area contributed by atoms with E-state index in [1.807, 2.05) is 11.8 Å². The van der Waals surface area contributed by atoms with Gasteiger partial charge in [-0.25, -0.2) is 0 Å². The van der Waals surface area contributed by atoms with Crippen molar-refractivity contribution in [1.82, 2.24) is 0 Å². The Labute approximate surface area is 76.4 Å². The Balaban J connectivity index is 1.94. The molecule has 2 atom stereocenters. The number of hydrogen-bond donors (Lipinski definition) is 1. The van der Waals surface area contributed by atoms with E-state index in [4.69, 9.17) is 14.6 Å². The van der Waals surface area contributed by atoms with Gasteiger partial charge in [0.25, 0.3) is 0 Å². The average molecular weight is 190 g/mol. The van der Waals surface area contributed by atoms with Crippen LogP contribution in [0.5, 0.6) is 0 Å². The summed E-state index contributed by atoms with van der Waals surface area (Å²) in [5, 5.41) is 8.87. The predicted molar refractivity (Wildman–Crippen MR) is 47.2 cm³/mol. The minimum Gasteiger partial charge on any atom is -0.394 e. The normalized spacial score (nSPS) is 42.2. The van der Waals surface area contributed by atoms with Gasteiger partial charge in [-0.1, -0.05) is 0 Å². The third-order valence-corrected chi connectivity index (χ3v) is 3.51. The Morgan fingerprint density at radius 2 is 2.50 bits per heavy atom. The topological polar surface area (TPSA) is 38.7 Å². The van der Waals surface area contributed by atoms with Crippen LogP contribution in [-0.4, -0.2) is 41.7 Å². The Hall–Kier alpha value is 0.230. The molecular formula is C8H14O3S. The van der Waals surface area contributed by atoms with Crippen LogP contribution in [0.4, 0.5) is 0 Å². The van der Waals surface area contributed by atoms with Crippen LogP contribution in [0.15, 0.2) is 0 Å². The molecule has 2 aliphatic rings. The number of aliphatic hydroxyl groups excluding tert-OH is 1. The van der Waals surface area contributed by atoms with Gasteiger partial charge in [0.1, 0.15) is 6.10 Å². The van der Waals surface area contributed by atoms with Gasteiger partial charge in [-0.15, -0.1) is 0 Å². The molecule has 2 fully saturated rings. The molecule has 70 valence electrons. The summed E-state index contributed by atoms with van der Waals surface area (Å²) in [6.45, 7) is 0.628. The lowest BCUT2D eigenvalue weighted by Gasteiger charge is -2.31. The Bertz CT molecular complexity index is 156. The molecule has 0 aromatic carbocycles. The van der Waals surface area contributed by atoms with Crippen molar-refractivity contribution in [2.75, 3.05) is 24.7 Å². The largest absolute Gasteiger partial charge is 0.394 e. The van der Waals surface area contributed by atoms with Gasteiger partial charge in [0, 0.05) is 12.2 Å². The summed E-state index contributed by atoms with van der Waals surface area (Å²) >= 11 is 1.87. The molecule has 0 aliphatic carbocycles. The number of rotatable bonds is 1. The van der Waals surface area contributed by atoms with Gasteiger partial charge in [0.05, 0.1) is 13.2 Å². The first-order chi connectivity index (χ1) is 5.85. The van der Waals surface area contributed by atoms with Gasteiger partial charge >= 0.3 is 0 Å². The molecule has 1 spiro atoms. The fraction of sp³-hybridized carbons (Fsp3) is 1.00. The van der Waals surface area contributed by atoms with Gasteiger partial charge in [-0.2, -0.15) is 11.8 Å². The van der Waals surface area contributed by atoms with Crippen LogP contribution in [0.2, 0.25) is 0 Å². The summed E-state index contributed by atoms with van der Waals surface area (Å²) in [4.78, 5) is 0. The van der Waals surface area contributed by atoms with E-state index in [0.717, 1.165) is 18.6 Å². The Morgan fingerprint density at radius 1 is 1.58 bits per heavy atom. The van der Waals surface area contributed by atoms with E-state index in [0.29, 0.717) is 6.61 Å². The lowest BCUT2D eigenvalue weighted by Crippen LogP contribution is -2.37. The summed E-state index contributed by atoms with van der Waals surface area (Å²) in [6, 6.07) is 0. The van der Waals surface area contributed by atoms with E-state index in [1.54, 1.807) is 0 Å². The highest BCUT2D eigenvalue weighted by Gasteiger charge is 2.42. The molecule has 3 nitrogen and oxygen atoms in total. The minimum absolute atomic E-state index is 0.0758. The summed E-state index contributed by atoms with van der Waals surface area (Å²) in [5.74, 6) is 1.78. The van der Waals surface area contributed by atoms with Crippen LogP contribution in [0, 0.1) is 0 Å². The van der Waals surface area contributed by atoms with Crippen LogP contribution in [-0.2, 0) is 9.47 Å². The Morgan fingerprint density at radius 3 is 3.08 bits per heavy atom. The second kappa shape index (κ2) is 3.54. The molecule has 2 saturated heterocycles. The molecule has 0 bridgehead atoms. The fourth-order valence-corrected chi connectivity index (χ4v) is 2.76. The zero-order valence-corrected chi connectivity index (χ0v) is 7.81. The van der Waals surface area contributed by atoms with Crippen LogP contribution in [0.3, 0.4) is 0 Å². The second-order valence-corrected chi connectivity index (χ2v) is 4.41. The van der Waals surface area contributed by atoms with Crippen molar-refractivity contribution in [3.63, 3.8) is 0 Å². The van der Waals surface area contributed by atoms with Gasteiger partial charge in [0.2, 0.25) is 0 Å². The van der Waals surface area contributed by atoms with Crippen molar-refractivity contribution in [1.29, 1.82) is 0 Å². The van der Waals surface area contributed by atoms with Gasteiger partial charge in [-0.05, 0) is 12.2 Å². The summed E-state index contributed by atoms with van der Waals surface area (Å²) in [5.41, 5.74) is 0. The monoisotopic (exact) mass is 190 g/mol.